The number of nitrogens with zero attached hydrogens (tertiary/aromatic N) is 2. The lowest BCUT2D eigenvalue weighted by Gasteiger charge is -2.12. The highest BCUT2D eigenvalue weighted by Crippen LogP contribution is 2.19. The van der Waals surface area contributed by atoms with Crippen LogP contribution in [0.2, 0.25) is 0 Å². The van der Waals surface area contributed by atoms with Gasteiger partial charge >= 0.3 is 0 Å². The van der Waals surface area contributed by atoms with E-state index < -0.39 is 10.0 Å². The molecule has 1 aromatic heterocycles. The lowest BCUT2D eigenvalue weighted by molar-refractivity contribution is 0.603. The first-order valence-corrected chi connectivity index (χ1v) is 7.59. The van der Waals surface area contributed by atoms with E-state index in [2.05, 4.69) is 4.98 Å². The third kappa shape index (κ3) is 2.96. The van der Waals surface area contributed by atoms with Crippen molar-refractivity contribution in [1.29, 1.82) is 0 Å². The number of hydrogen-bond acceptors (Lipinski definition) is 4. The second-order valence-corrected chi connectivity index (χ2v) is 6.26. The number of hydrogen-bond donors (Lipinski definition) is 0. The Kier molecular flexibility index (Phi) is 3.78. The van der Waals surface area contributed by atoms with E-state index >= 15 is 0 Å². The van der Waals surface area contributed by atoms with Gasteiger partial charge in [-0.2, -0.15) is 0 Å². The van der Waals surface area contributed by atoms with Crippen LogP contribution in [0.25, 0.3) is 6.08 Å². The van der Waals surface area contributed by atoms with Gasteiger partial charge in [-0.3, -0.25) is 0 Å². The number of benzene rings is 1. The molecule has 18 heavy (non-hydrogen) atoms. The molecule has 0 aliphatic carbocycles. The minimum Gasteiger partial charge on any atom is -0.245 e. The second kappa shape index (κ2) is 5.32. The van der Waals surface area contributed by atoms with Crippen molar-refractivity contribution in [1.82, 2.24) is 4.98 Å². The normalized spacial score (nSPS) is 11.8. The van der Waals surface area contributed by atoms with Gasteiger partial charge in [-0.05, 0) is 11.6 Å². The zero-order valence-electron chi connectivity index (χ0n) is 9.72. The molecular formula is C12H12N2O2S2. The Morgan fingerprint density at radius 2 is 2.00 bits per heavy atom. The second-order valence-electron chi connectivity index (χ2n) is 3.54. The maximum Gasteiger partial charge on any atom is 0.258 e. The molecule has 0 fully saturated rings. The Balaban J connectivity index is 2.20. The monoisotopic (exact) mass is 280 g/mol. The minimum absolute atomic E-state index is 0.452. The molecule has 1 aromatic carbocycles. The smallest absolute Gasteiger partial charge is 0.245 e. The van der Waals surface area contributed by atoms with Crippen LogP contribution in [-0.4, -0.2) is 20.4 Å². The molecule has 1 heterocycles. The maximum absolute atomic E-state index is 12.0. The third-order valence-corrected chi connectivity index (χ3v) is 4.68. The highest BCUT2D eigenvalue weighted by Gasteiger charge is 2.16. The maximum atomic E-state index is 12.0. The standard InChI is InChI=1S/C12H12N2O2S2/c1-14(12-13-8-9-17-12)18(15,16)10-7-11-5-3-2-4-6-11/h2-10H,1H3. The molecule has 94 valence electrons. The van der Waals surface area contributed by atoms with Crippen LogP contribution in [0.4, 0.5) is 5.13 Å². The highest BCUT2D eigenvalue weighted by molar-refractivity contribution is 7.95. The van der Waals surface area contributed by atoms with E-state index in [0.717, 1.165) is 9.87 Å². The third-order valence-electron chi connectivity index (χ3n) is 2.30. The zero-order chi connectivity index (χ0) is 13.0. The highest BCUT2D eigenvalue weighted by atomic mass is 32.2. The summed E-state index contributed by atoms with van der Waals surface area (Å²) in [5, 5.41) is 3.37. The Morgan fingerprint density at radius 1 is 1.28 bits per heavy atom. The van der Waals surface area contributed by atoms with E-state index in [1.807, 2.05) is 30.3 Å². The molecule has 0 radical (unpaired) electrons. The van der Waals surface area contributed by atoms with Crippen molar-refractivity contribution in [2.24, 2.45) is 0 Å². The average molecular weight is 280 g/mol. The van der Waals surface area contributed by atoms with Gasteiger partial charge in [0.1, 0.15) is 0 Å². The minimum atomic E-state index is -3.48. The predicted octanol–water partition coefficient (Wildman–Crippen LogP) is 2.58. The van der Waals surface area contributed by atoms with Crippen molar-refractivity contribution in [3.05, 3.63) is 52.9 Å². The SMILES string of the molecule is CN(c1nccs1)S(=O)(=O)C=Cc1ccccc1. The number of sulfonamides is 1. The lowest BCUT2D eigenvalue weighted by Crippen LogP contribution is -2.23. The Labute approximate surface area is 110 Å². The first kappa shape index (κ1) is 12.8. The van der Waals surface area contributed by atoms with Crippen LogP contribution in [-0.2, 0) is 10.0 Å². The molecule has 0 spiro atoms. The summed E-state index contributed by atoms with van der Waals surface area (Å²) in [6, 6.07) is 9.28. The summed E-state index contributed by atoms with van der Waals surface area (Å²) in [6.07, 6.45) is 3.15. The van der Waals surface area contributed by atoms with Gasteiger partial charge in [-0.1, -0.05) is 30.3 Å². The van der Waals surface area contributed by atoms with Crippen molar-refractivity contribution in [2.45, 2.75) is 0 Å². The van der Waals surface area contributed by atoms with Gasteiger partial charge in [-0.25, -0.2) is 17.7 Å². The van der Waals surface area contributed by atoms with Gasteiger partial charge < -0.3 is 0 Å². The molecule has 6 heteroatoms. The predicted molar refractivity (Wildman–Crippen MR) is 74.9 cm³/mol. The van der Waals surface area contributed by atoms with Gasteiger partial charge in [0.25, 0.3) is 10.0 Å². The number of thiazole rings is 1. The van der Waals surface area contributed by atoms with Gasteiger partial charge in [-0.15, -0.1) is 11.3 Å². The van der Waals surface area contributed by atoms with E-state index in [4.69, 9.17) is 0 Å². The quantitative estimate of drug-likeness (QED) is 0.865. The molecule has 0 bridgehead atoms. The summed E-state index contributed by atoms with van der Waals surface area (Å²) in [5.74, 6) is 0. The largest absolute Gasteiger partial charge is 0.258 e. The van der Waals surface area contributed by atoms with Crippen LogP contribution in [0, 0.1) is 0 Å². The molecule has 4 nitrogen and oxygen atoms in total. The fraction of sp³-hybridized carbons (Fsp3) is 0.0833. The molecule has 0 saturated carbocycles. The van der Waals surface area contributed by atoms with Gasteiger partial charge in [0.2, 0.25) is 0 Å². The van der Waals surface area contributed by atoms with E-state index in [-0.39, 0.29) is 0 Å². The number of anilines is 1. The van der Waals surface area contributed by atoms with Crippen molar-refractivity contribution < 1.29 is 8.42 Å². The Morgan fingerprint density at radius 3 is 2.61 bits per heavy atom. The van der Waals surface area contributed by atoms with Crippen molar-refractivity contribution in [3.63, 3.8) is 0 Å². The van der Waals surface area contributed by atoms with Gasteiger partial charge in [0.15, 0.2) is 5.13 Å². The van der Waals surface area contributed by atoms with E-state index in [1.165, 1.54) is 23.8 Å². The topological polar surface area (TPSA) is 50.3 Å². The molecule has 0 unspecified atom stereocenters. The fourth-order valence-electron chi connectivity index (χ4n) is 1.30. The van der Waals surface area contributed by atoms with Crippen molar-refractivity contribution >= 4 is 32.6 Å². The molecule has 0 saturated heterocycles. The molecule has 0 amide bonds. The summed E-state index contributed by atoms with van der Waals surface area (Å²) in [7, 11) is -1.99. The summed E-state index contributed by atoms with van der Waals surface area (Å²) in [4.78, 5) is 3.97. The molecule has 0 aliphatic heterocycles. The molecule has 2 aromatic rings. The van der Waals surface area contributed by atoms with Crippen molar-refractivity contribution in [3.8, 4) is 0 Å². The van der Waals surface area contributed by atoms with Crippen LogP contribution in [0.3, 0.4) is 0 Å². The molecular weight excluding hydrogens is 268 g/mol. The van der Waals surface area contributed by atoms with E-state index in [1.54, 1.807) is 17.7 Å². The molecule has 0 atom stereocenters. The summed E-state index contributed by atoms with van der Waals surface area (Å²) in [5.41, 5.74) is 0.841. The zero-order valence-corrected chi connectivity index (χ0v) is 11.4. The van der Waals surface area contributed by atoms with Crippen LogP contribution < -0.4 is 4.31 Å². The van der Waals surface area contributed by atoms with Crippen LogP contribution >= 0.6 is 11.3 Å². The first-order valence-electron chi connectivity index (χ1n) is 5.21. The average Bonchev–Trinajstić information content (AvgIpc) is 2.90. The molecule has 2 rings (SSSR count). The van der Waals surface area contributed by atoms with Crippen LogP contribution in [0.1, 0.15) is 5.56 Å². The Bertz CT molecular complexity index is 619. The number of rotatable bonds is 4. The summed E-state index contributed by atoms with van der Waals surface area (Å²) in [6.45, 7) is 0. The van der Waals surface area contributed by atoms with E-state index in [0.29, 0.717) is 5.13 Å². The van der Waals surface area contributed by atoms with Crippen LogP contribution in [0.15, 0.2) is 47.3 Å². The fourth-order valence-corrected chi connectivity index (χ4v) is 3.03. The molecule has 0 aliphatic rings. The summed E-state index contributed by atoms with van der Waals surface area (Å²) < 4.78 is 25.2. The molecule has 0 N–H and O–H groups in total. The Hall–Kier alpha value is -1.66. The number of aromatic nitrogens is 1. The lowest BCUT2D eigenvalue weighted by atomic mass is 10.2. The summed E-state index contributed by atoms with van der Waals surface area (Å²) >= 11 is 1.28. The van der Waals surface area contributed by atoms with Crippen LogP contribution in [0.5, 0.6) is 0 Å². The van der Waals surface area contributed by atoms with Crippen molar-refractivity contribution in [2.75, 3.05) is 11.4 Å². The first-order chi connectivity index (χ1) is 8.59. The van der Waals surface area contributed by atoms with E-state index in [9.17, 15) is 8.42 Å². The van der Waals surface area contributed by atoms with Gasteiger partial charge in [0.05, 0.1) is 5.41 Å². The van der Waals surface area contributed by atoms with Gasteiger partial charge in [0, 0.05) is 18.6 Å².